The predicted octanol–water partition coefficient (Wildman–Crippen LogP) is 1.24. The maximum absolute atomic E-state index is 14.5. The first-order valence-electron chi connectivity index (χ1n) is 30.1. The highest BCUT2D eigenvalue weighted by molar-refractivity contribution is 5.99. The number of aliphatic imine (C=N–C) groups is 1. The number of rotatable bonds is 41. The molecule has 0 aromatic heterocycles. The third-order valence-electron chi connectivity index (χ3n) is 14.1. The number of phenolic OH excluding ortho intramolecular Hbond substituents is 1. The summed E-state index contributed by atoms with van der Waals surface area (Å²) >= 11 is 0. The lowest BCUT2D eigenvalue weighted by molar-refractivity contribution is -0.140. The van der Waals surface area contributed by atoms with Crippen LogP contribution in [0.25, 0.3) is 0 Å². The molecule has 0 aliphatic heterocycles. The van der Waals surface area contributed by atoms with Gasteiger partial charge in [-0.05, 0) is 86.3 Å². The SMILES string of the molecule is CCC(C)C(NC(=O)C(CCC(=O)O)NC(=O)C(CCC(=O)O)NC(=O)C(CCC(=O)O)NC(=O)C(Cc1ccc(O)cc1)NC(=O)C(CC(C)C)NC(C)C)C(=O)NC(CCCN=C(N)N)C(=O)NC(C(=O)NC(CC(C)C)C(=O)C(C)(C)C)C(C)C. The second-order valence-electron chi connectivity index (χ2n) is 24.8. The van der Waals surface area contributed by atoms with Crippen molar-refractivity contribution in [3.63, 3.8) is 0 Å². The molecule has 28 nitrogen and oxygen atoms in total. The van der Waals surface area contributed by atoms with E-state index in [0.29, 0.717) is 18.4 Å². The number of nitrogens with zero attached hydrogens (tertiary/aromatic N) is 1. The van der Waals surface area contributed by atoms with Gasteiger partial charge in [0.15, 0.2) is 11.7 Å². The summed E-state index contributed by atoms with van der Waals surface area (Å²) in [5.41, 5.74) is 10.7. The Morgan fingerprint density at radius 1 is 0.489 bits per heavy atom. The van der Waals surface area contributed by atoms with Crippen molar-refractivity contribution in [2.24, 2.45) is 45.5 Å². The normalized spacial score (nSPS) is 14.9. The second-order valence-corrected chi connectivity index (χ2v) is 24.8. The Kier molecular flexibility index (Phi) is 34.1. The van der Waals surface area contributed by atoms with Crippen molar-refractivity contribution < 1.29 is 78.0 Å². The lowest BCUT2D eigenvalue weighted by atomic mass is 9.83. The van der Waals surface area contributed by atoms with Gasteiger partial charge in [0.05, 0.1) is 12.1 Å². The third kappa shape index (κ3) is 30.1. The zero-order valence-corrected chi connectivity index (χ0v) is 53.4. The monoisotopic (exact) mass is 1240 g/mol. The second kappa shape index (κ2) is 38.4. The maximum atomic E-state index is 14.5. The number of phenols is 1. The van der Waals surface area contributed by atoms with Crippen LogP contribution in [0.15, 0.2) is 29.3 Å². The predicted molar refractivity (Wildman–Crippen MR) is 328 cm³/mol. The number of benzene rings is 1. The number of ketones is 1. The van der Waals surface area contributed by atoms with Gasteiger partial charge in [0.25, 0.3) is 0 Å². The number of Topliss-reactive ketones (excluding diaryl/α,β-unsaturated/α-hetero) is 1. The van der Waals surface area contributed by atoms with Crippen LogP contribution < -0.4 is 59.3 Å². The molecule has 88 heavy (non-hydrogen) atoms. The number of nitrogens with one attached hydrogen (secondary N) is 9. The average molecular weight is 1250 g/mol. The van der Waals surface area contributed by atoms with Gasteiger partial charge in [-0.25, -0.2) is 0 Å². The van der Waals surface area contributed by atoms with E-state index in [1.54, 1.807) is 48.5 Å². The summed E-state index contributed by atoms with van der Waals surface area (Å²) < 4.78 is 0. The molecule has 1 rings (SSSR count). The molecule has 0 saturated heterocycles. The number of nitrogens with two attached hydrogens (primary N) is 2. The van der Waals surface area contributed by atoms with E-state index in [1.165, 1.54) is 24.3 Å². The van der Waals surface area contributed by atoms with Crippen molar-refractivity contribution in [2.75, 3.05) is 6.54 Å². The van der Waals surface area contributed by atoms with Gasteiger partial charge in [-0.3, -0.25) is 62.5 Å². The summed E-state index contributed by atoms with van der Waals surface area (Å²) in [6, 6.07) is -6.99. The lowest BCUT2D eigenvalue weighted by Crippen LogP contribution is -2.61. The quantitative estimate of drug-likeness (QED) is 0.0249. The first-order chi connectivity index (χ1) is 40.9. The molecular formula is C60H100N12O16. The van der Waals surface area contributed by atoms with Gasteiger partial charge in [-0.2, -0.15) is 0 Å². The van der Waals surface area contributed by atoms with Crippen molar-refractivity contribution in [3.05, 3.63) is 29.8 Å². The first kappa shape index (κ1) is 78.1. The van der Waals surface area contributed by atoms with E-state index in [-0.39, 0.29) is 67.6 Å². The molecule has 0 saturated carbocycles. The minimum Gasteiger partial charge on any atom is -0.508 e. The van der Waals surface area contributed by atoms with Crippen LogP contribution in [0.1, 0.15) is 166 Å². The Balaban J connectivity index is 3.75. The molecule has 10 unspecified atom stereocenters. The molecule has 0 bridgehead atoms. The summed E-state index contributed by atoms with van der Waals surface area (Å²) in [6.45, 7) is 23.1. The maximum Gasteiger partial charge on any atom is 0.303 e. The number of hydrogen-bond acceptors (Lipinski definition) is 15. The highest BCUT2D eigenvalue weighted by Gasteiger charge is 2.38. The summed E-state index contributed by atoms with van der Waals surface area (Å²) in [5, 5.41) is 62.9. The molecular weight excluding hydrogens is 1140 g/mol. The topological polar surface area (TPSA) is 458 Å². The number of aliphatic carboxylic acids is 3. The number of amides is 8. The molecule has 0 aliphatic rings. The zero-order chi connectivity index (χ0) is 67.3. The Labute approximate surface area is 516 Å². The summed E-state index contributed by atoms with van der Waals surface area (Å²) in [7, 11) is 0. The molecule has 10 atom stereocenters. The smallest absolute Gasteiger partial charge is 0.303 e. The highest BCUT2D eigenvalue weighted by Crippen LogP contribution is 2.22. The standard InChI is InChI=1S/C60H100N12O16/c1-14-35(10)49(58(88)68-38(16-15-27-63-59(61)62)53(83)71-48(33(6)7)57(87)69-42(28-31(2)3)50(80)60(11,12)13)72-54(84)41(23-26-47(78)79)66-51(81)39(21-24-45(74)75)65-52(82)40(22-25-46(76)77)67-56(86)44(30-36-17-19-37(73)20-18-36)70-55(85)43(29-32(4)5)64-34(8)9/h17-20,31-35,38-44,48-49,64,73H,14-16,21-30H2,1-13H3,(H,65,82)(H,66,81)(H,67,86)(H,68,88)(H,69,87)(H,70,85)(H,71,83)(H,72,84)(H,74,75)(H,76,77)(H,78,79)(H4,61,62,63). The van der Waals surface area contributed by atoms with Crippen molar-refractivity contribution in [3.8, 4) is 5.75 Å². The number of hydrogen-bond donors (Lipinski definition) is 15. The number of carboxylic acids is 3. The third-order valence-corrected chi connectivity index (χ3v) is 14.1. The number of aromatic hydroxyl groups is 1. The minimum absolute atomic E-state index is 0.0116. The number of carboxylic acid groups (broad SMARTS) is 3. The van der Waals surface area contributed by atoms with Gasteiger partial charge in [0.2, 0.25) is 47.3 Å². The molecule has 0 aliphatic carbocycles. The molecule has 496 valence electrons. The van der Waals surface area contributed by atoms with E-state index in [0.717, 1.165) is 0 Å². The molecule has 8 amide bonds. The van der Waals surface area contributed by atoms with Crippen LogP contribution in [0.2, 0.25) is 0 Å². The van der Waals surface area contributed by atoms with Crippen LogP contribution in [-0.2, 0) is 64.0 Å². The van der Waals surface area contributed by atoms with Crippen LogP contribution >= 0.6 is 0 Å². The fourth-order valence-corrected chi connectivity index (χ4v) is 9.17. The van der Waals surface area contributed by atoms with Gasteiger partial charge in [0.1, 0.15) is 48.0 Å². The average Bonchev–Trinajstić information content (AvgIpc) is 3.41. The fourth-order valence-electron chi connectivity index (χ4n) is 9.17. The molecule has 0 fully saturated rings. The molecule has 17 N–H and O–H groups in total. The van der Waals surface area contributed by atoms with Gasteiger partial charge >= 0.3 is 17.9 Å². The Morgan fingerprint density at radius 3 is 1.25 bits per heavy atom. The summed E-state index contributed by atoms with van der Waals surface area (Å²) in [5.74, 6) is -13.4. The van der Waals surface area contributed by atoms with E-state index in [1.807, 2.05) is 41.5 Å². The zero-order valence-electron chi connectivity index (χ0n) is 53.4. The van der Waals surface area contributed by atoms with E-state index >= 15 is 0 Å². The largest absolute Gasteiger partial charge is 0.508 e. The van der Waals surface area contributed by atoms with Crippen LogP contribution in [0.4, 0.5) is 0 Å². The van der Waals surface area contributed by atoms with Crippen LogP contribution in [0.5, 0.6) is 5.75 Å². The summed E-state index contributed by atoms with van der Waals surface area (Å²) in [6.07, 6.45) is -3.33. The Bertz CT molecular complexity index is 2540. The molecule has 0 spiro atoms. The number of carbonyl (C=O) groups is 12. The summed E-state index contributed by atoms with van der Waals surface area (Å²) in [4.78, 5) is 167. The first-order valence-corrected chi connectivity index (χ1v) is 30.1. The van der Waals surface area contributed by atoms with Gasteiger partial charge in [-0.15, -0.1) is 0 Å². The van der Waals surface area contributed by atoms with Gasteiger partial charge in [-0.1, -0.05) is 109 Å². The van der Waals surface area contributed by atoms with E-state index in [9.17, 15) is 78.0 Å². The molecule has 1 aromatic carbocycles. The molecule has 0 heterocycles. The minimum atomic E-state index is -1.84. The number of guanidine groups is 1. The molecule has 1 aromatic rings. The van der Waals surface area contributed by atoms with E-state index in [2.05, 4.69) is 52.8 Å². The number of carbonyl (C=O) groups excluding carboxylic acids is 9. The fraction of sp³-hybridized carbons (Fsp3) is 0.683. The van der Waals surface area contributed by atoms with Crippen molar-refractivity contribution in [1.29, 1.82) is 0 Å². The molecule has 28 heteroatoms. The Morgan fingerprint density at radius 2 is 0.852 bits per heavy atom. The molecule has 0 radical (unpaired) electrons. The van der Waals surface area contributed by atoms with E-state index in [4.69, 9.17) is 11.5 Å². The van der Waals surface area contributed by atoms with E-state index < -0.39 is 175 Å². The van der Waals surface area contributed by atoms with Crippen LogP contribution in [0.3, 0.4) is 0 Å². The van der Waals surface area contributed by atoms with Crippen molar-refractivity contribution in [1.82, 2.24) is 47.9 Å². The Hall–Kier alpha value is -7.91. The van der Waals surface area contributed by atoms with Gasteiger partial charge < -0.3 is 79.7 Å². The van der Waals surface area contributed by atoms with Gasteiger partial charge in [0, 0.05) is 43.7 Å². The van der Waals surface area contributed by atoms with Crippen LogP contribution in [-0.4, -0.2) is 164 Å². The van der Waals surface area contributed by atoms with Crippen molar-refractivity contribution in [2.45, 2.75) is 227 Å². The van der Waals surface area contributed by atoms with Crippen LogP contribution in [0, 0.1) is 29.1 Å². The highest BCUT2D eigenvalue weighted by atomic mass is 16.4. The van der Waals surface area contributed by atoms with Crippen molar-refractivity contribution >= 4 is 76.9 Å². The lowest BCUT2D eigenvalue weighted by Gasteiger charge is -2.31.